The van der Waals surface area contributed by atoms with Crippen LogP contribution in [0.5, 0.6) is 0 Å². The van der Waals surface area contributed by atoms with E-state index in [2.05, 4.69) is 43.1 Å². The van der Waals surface area contributed by atoms with Crippen molar-refractivity contribution in [2.24, 2.45) is 5.73 Å². The Hall–Kier alpha value is -0.860. The van der Waals surface area contributed by atoms with Crippen LogP contribution in [0.3, 0.4) is 0 Å². The Labute approximate surface area is 98.4 Å². The highest BCUT2D eigenvalue weighted by Crippen LogP contribution is 2.28. The van der Waals surface area contributed by atoms with Gasteiger partial charge >= 0.3 is 0 Å². The number of aryl methyl sites for hydroxylation is 1. The second-order valence-corrected chi connectivity index (χ2v) is 4.83. The van der Waals surface area contributed by atoms with E-state index in [1.807, 2.05) is 0 Å². The molecule has 1 heterocycles. The number of nitrogens with two attached hydrogens (primary N) is 1. The molecule has 2 heteroatoms. The van der Waals surface area contributed by atoms with Crippen molar-refractivity contribution in [1.82, 2.24) is 4.90 Å². The molecule has 1 fully saturated rings. The van der Waals surface area contributed by atoms with Crippen molar-refractivity contribution < 1.29 is 0 Å². The van der Waals surface area contributed by atoms with Crippen LogP contribution in [-0.2, 0) is 6.42 Å². The van der Waals surface area contributed by atoms with Crippen LogP contribution in [0.4, 0.5) is 0 Å². The van der Waals surface area contributed by atoms with Crippen molar-refractivity contribution >= 4 is 0 Å². The smallest absolute Gasteiger partial charge is 0.0496 e. The van der Waals surface area contributed by atoms with Crippen LogP contribution in [0.25, 0.3) is 0 Å². The number of piperidine rings is 1. The highest BCUT2D eigenvalue weighted by Gasteiger charge is 2.27. The summed E-state index contributed by atoms with van der Waals surface area (Å²) in [4.78, 5) is 2.38. The maximum atomic E-state index is 6.23. The fourth-order valence-corrected chi connectivity index (χ4v) is 2.65. The zero-order chi connectivity index (χ0) is 11.5. The van der Waals surface area contributed by atoms with Gasteiger partial charge in [0, 0.05) is 12.1 Å². The van der Waals surface area contributed by atoms with Gasteiger partial charge in [-0.2, -0.15) is 0 Å². The fourth-order valence-electron chi connectivity index (χ4n) is 2.65. The van der Waals surface area contributed by atoms with Crippen LogP contribution in [0.2, 0.25) is 0 Å². The van der Waals surface area contributed by atoms with E-state index in [1.54, 1.807) is 0 Å². The van der Waals surface area contributed by atoms with Gasteiger partial charge in [0.05, 0.1) is 0 Å². The first-order valence-corrected chi connectivity index (χ1v) is 6.27. The van der Waals surface area contributed by atoms with Gasteiger partial charge in [0.1, 0.15) is 0 Å². The van der Waals surface area contributed by atoms with Crippen LogP contribution < -0.4 is 5.73 Å². The lowest BCUT2D eigenvalue weighted by Crippen LogP contribution is -2.43. The molecule has 2 rings (SSSR count). The minimum absolute atomic E-state index is 0.284. The van der Waals surface area contributed by atoms with Crippen molar-refractivity contribution in [2.45, 2.75) is 38.3 Å². The van der Waals surface area contributed by atoms with Crippen molar-refractivity contribution in [3.63, 3.8) is 0 Å². The van der Waals surface area contributed by atoms with Gasteiger partial charge in [-0.15, -0.1) is 0 Å². The molecule has 1 aromatic carbocycles. The molecule has 0 aliphatic carbocycles. The van der Waals surface area contributed by atoms with Gasteiger partial charge in [-0.1, -0.05) is 31.2 Å². The molecule has 0 bridgehead atoms. The van der Waals surface area contributed by atoms with Gasteiger partial charge in [-0.05, 0) is 44.0 Å². The molecular formula is C14H22N2. The molecule has 0 aromatic heterocycles. The van der Waals surface area contributed by atoms with E-state index in [0.29, 0.717) is 6.04 Å². The average molecular weight is 218 g/mol. The first-order chi connectivity index (χ1) is 7.72. The summed E-state index contributed by atoms with van der Waals surface area (Å²) in [5.74, 6) is 0. The number of hydrogen-bond acceptors (Lipinski definition) is 2. The average Bonchev–Trinajstić information content (AvgIpc) is 2.30. The third-order valence-electron chi connectivity index (χ3n) is 3.66. The molecule has 0 radical (unpaired) electrons. The number of likely N-dealkylation sites (N-methyl/N-ethyl adjacent to an activating group) is 1. The van der Waals surface area contributed by atoms with Crippen molar-refractivity contribution in [2.75, 3.05) is 13.6 Å². The molecule has 2 nitrogen and oxygen atoms in total. The zero-order valence-corrected chi connectivity index (χ0v) is 10.3. The third-order valence-corrected chi connectivity index (χ3v) is 3.66. The van der Waals surface area contributed by atoms with Gasteiger partial charge in [0.15, 0.2) is 0 Å². The highest BCUT2D eigenvalue weighted by atomic mass is 15.2. The quantitative estimate of drug-likeness (QED) is 0.825. The molecule has 0 spiro atoms. The van der Waals surface area contributed by atoms with E-state index in [0.717, 1.165) is 19.4 Å². The zero-order valence-electron chi connectivity index (χ0n) is 10.3. The summed E-state index contributed by atoms with van der Waals surface area (Å²) in [6.07, 6.45) is 3.47. The van der Waals surface area contributed by atoms with E-state index < -0.39 is 0 Å². The lowest BCUT2D eigenvalue weighted by molar-refractivity contribution is 0.163. The fraction of sp³-hybridized carbons (Fsp3) is 0.571. The normalized spacial score (nSPS) is 26.9. The van der Waals surface area contributed by atoms with Gasteiger partial charge < -0.3 is 5.73 Å². The predicted octanol–water partition coefficient (Wildman–Crippen LogP) is 2.34. The first-order valence-electron chi connectivity index (χ1n) is 6.27. The summed E-state index contributed by atoms with van der Waals surface area (Å²) in [6, 6.07) is 9.62. The number of hydrogen-bond donors (Lipinski definition) is 1. The van der Waals surface area contributed by atoms with E-state index in [1.165, 1.54) is 17.5 Å². The summed E-state index contributed by atoms with van der Waals surface area (Å²) < 4.78 is 0. The van der Waals surface area contributed by atoms with E-state index in [-0.39, 0.29) is 6.04 Å². The Balaban J connectivity index is 2.20. The molecule has 0 amide bonds. The van der Waals surface area contributed by atoms with Crippen molar-refractivity contribution in [3.05, 3.63) is 35.4 Å². The monoisotopic (exact) mass is 218 g/mol. The van der Waals surface area contributed by atoms with Crippen molar-refractivity contribution in [3.8, 4) is 0 Å². The van der Waals surface area contributed by atoms with Gasteiger partial charge in [0.25, 0.3) is 0 Å². The molecule has 0 saturated carbocycles. The predicted molar refractivity (Wildman–Crippen MR) is 68.4 cm³/mol. The van der Waals surface area contributed by atoms with E-state index >= 15 is 0 Å². The number of nitrogens with zero attached hydrogens (tertiary/aromatic N) is 1. The summed E-state index contributed by atoms with van der Waals surface area (Å²) >= 11 is 0. The Morgan fingerprint density at radius 3 is 2.56 bits per heavy atom. The first kappa shape index (κ1) is 11.6. The minimum Gasteiger partial charge on any atom is -0.326 e. The standard InChI is InChI=1S/C14H22N2/c1-3-11-6-8-12(9-7-11)14-13(15)5-4-10-16(14)2/h6-9,13-14H,3-5,10,15H2,1-2H3. The maximum absolute atomic E-state index is 6.23. The summed E-state index contributed by atoms with van der Waals surface area (Å²) in [6.45, 7) is 3.35. The Bertz CT molecular complexity index is 321. The maximum Gasteiger partial charge on any atom is 0.0496 e. The van der Waals surface area contributed by atoms with Crippen LogP contribution in [-0.4, -0.2) is 24.5 Å². The molecule has 1 saturated heterocycles. The number of rotatable bonds is 2. The van der Waals surface area contributed by atoms with Crippen LogP contribution in [0.1, 0.15) is 36.9 Å². The highest BCUT2D eigenvalue weighted by molar-refractivity contribution is 5.26. The lowest BCUT2D eigenvalue weighted by Gasteiger charge is -2.37. The van der Waals surface area contributed by atoms with Crippen LogP contribution in [0, 0.1) is 0 Å². The molecule has 2 N–H and O–H groups in total. The third kappa shape index (κ3) is 2.28. The molecular weight excluding hydrogens is 196 g/mol. The van der Waals surface area contributed by atoms with Crippen molar-refractivity contribution in [1.29, 1.82) is 0 Å². The van der Waals surface area contributed by atoms with Crippen LogP contribution >= 0.6 is 0 Å². The van der Waals surface area contributed by atoms with Crippen LogP contribution in [0.15, 0.2) is 24.3 Å². The Morgan fingerprint density at radius 2 is 2.00 bits per heavy atom. The summed E-state index contributed by atoms with van der Waals surface area (Å²) in [5.41, 5.74) is 9.00. The number of likely N-dealkylation sites (tertiary alicyclic amines) is 1. The molecule has 1 aliphatic heterocycles. The Kier molecular flexibility index (Phi) is 3.62. The molecule has 2 atom stereocenters. The second kappa shape index (κ2) is 4.98. The largest absolute Gasteiger partial charge is 0.326 e. The summed E-state index contributed by atoms with van der Waals surface area (Å²) in [7, 11) is 2.18. The Morgan fingerprint density at radius 1 is 1.31 bits per heavy atom. The van der Waals surface area contributed by atoms with Gasteiger partial charge in [0.2, 0.25) is 0 Å². The van der Waals surface area contributed by atoms with Gasteiger partial charge in [-0.3, -0.25) is 4.90 Å². The summed E-state index contributed by atoms with van der Waals surface area (Å²) in [5, 5.41) is 0. The molecule has 2 unspecified atom stereocenters. The molecule has 88 valence electrons. The molecule has 1 aliphatic rings. The number of benzene rings is 1. The minimum atomic E-state index is 0.284. The SMILES string of the molecule is CCc1ccc(C2C(N)CCCN2C)cc1. The van der Waals surface area contributed by atoms with E-state index in [9.17, 15) is 0 Å². The van der Waals surface area contributed by atoms with Gasteiger partial charge in [-0.25, -0.2) is 0 Å². The second-order valence-electron chi connectivity index (χ2n) is 4.83. The lowest BCUT2D eigenvalue weighted by atomic mass is 9.91. The molecule has 16 heavy (non-hydrogen) atoms. The van der Waals surface area contributed by atoms with E-state index in [4.69, 9.17) is 5.73 Å². The topological polar surface area (TPSA) is 29.3 Å². The molecule has 1 aromatic rings.